The summed E-state index contributed by atoms with van der Waals surface area (Å²) in [4.78, 5) is 26.9. The molecule has 6 nitrogen and oxygen atoms in total. The highest BCUT2D eigenvalue weighted by Gasteiger charge is 2.30. The molecule has 0 bridgehead atoms. The molecule has 2 fully saturated rings. The Labute approximate surface area is 171 Å². The Kier molecular flexibility index (Phi) is 5.69. The summed E-state index contributed by atoms with van der Waals surface area (Å²) in [7, 11) is 0. The van der Waals surface area contributed by atoms with Crippen LogP contribution in [0.4, 0.5) is 10.5 Å². The van der Waals surface area contributed by atoms with Crippen molar-refractivity contribution < 1.29 is 14.3 Å². The number of carbonyl (C=O) groups is 2. The molecule has 29 heavy (non-hydrogen) atoms. The van der Waals surface area contributed by atoms with Crippen molar-refractivity contribution >= 4 is 17.6 Å². The van der Waals surface area contributed by atoms with Gasteiger partial charge in [0, 0.05) is 23.8 Å². The van der Waals surface area contributed by atoms with E-state index in [1.165, 1.54) is 0 Å². The normalized spacial score (nSPS) is 18.4. The van der Waals surface area contributed by atoms with Gasteiger partial charge < -0.3 is 20.3 Å². The SMILES string of the molecule is CCOc1ccc(C2CCCN2C(=O)c2ccc(NC(=O)NC3CC3)cc2)cc1. The Bertz CT molecular complexity index is 860. The summed E-state index contributed by atoms with van der Waals surface area (Å²) in [5, 5.41) is 5.70. The summed E-state index contributed by atoms with van der Waals surface area (Å²) in [6.07, 6.45) is 4.05. The molecule has 1 saturated heterocycles. The molecule has 1 heterocycles. The second-order valence-corrected chi connectivity index (χ2v) is 7.61. The van der Waals surface area contributed by atoms with E-state index in [9.17, 15) is 9.59 Å². The van der Waals surface area contributed by atoms with Gasteiger partial charge in [-0.25, -0.2) is 4.79 Å². The fourth-order valence-electron chi connectivity index (χ4n) is 3.75. The van der Waals surface area contributed by atoms with E-state index in [2.05, 4.69) is 10.6 Å². The minimum atomic E-state index is -0.193. The van der Waals surface area contributed by atoms with Gasteiger partial charge in [0.05, 0.1) is 12.6 Å². The lowest BCUT2D eigenvalue weighted by Gasteiger charge is -2.25. The van der Waals surface area contributed by atoms with Crippen molar-refractivity contribution in [2.75, 3.05) is 18.5 Å². The van der Waals surface area contributed by atoms with Crippen LogP contribution in [0, 0.1) is 0 Å². The predicted molar refractivity (Wildman–Crippen MR) is 112 cm³/mol. The average Bonchev–Trinajstić information content (AvgIpc) is 3.40. The van der Waals surface area contributed by atoms with E-state index in [-0.39, 0.29) is 18.0 Å². The number of nitrogens with one attached hydrogen (secondary N) is 2. The lowest BCUT2D eigenvalue weighted by atomic mass is 10.0. The van der Waals surface area contributed by atoms with Crippen molar-refractivity contribution in [2.45, 2.75) is 44.7 Å². The van der Waals surface area contributed by atoms with Crippen LogP contribution in [0.2, 0.25) is 0 Å². The fraction of sp³-hybridized carbons (Fsp3) is 0.391. The zero-order chi connectivity index (χ0) is 20.2. The Hall–Kier alpha value is -3.02. The lowest BCUT2D eigenvalue weighted by molar-refractivity contribution is 0.0735. The quantitative estimate of drug-likeness (QED) is 0.767. The first-order chi connectivity index (χ1) is 14.1. The molecule has 152 valence electrons. The zero-order valence-corrected chi connectivity index (χ0v) is 16.7. The first kappa shape index (κ1) is 19.3. The van der Waals surface area contributed by atoms with Gasteiger partial charge in [-0.05, 0) is 74.6 Å². The van der Waals surface area contributed by atoms with E-state index in [1.54, 1.807) is 24.3 Å². The molecule has 2 aliphatic rings. The number of benzene rings is 2. The van der Waals surface area contributed by atoms with Crippen LogP contribution in [-0.2, 0) is 0 Å². The topological polar surface area (TPSA) is 70.7 Å². The summed E-state index contributed by atoms with van der Waals surface area (Å²) in [6.45, 7) is 3.35. The van der Waals surface area contributed by atoms with Crippen molar-refractivity contribution in [3.05, 3.63) is 59.7 Å². The van der Waals surface area contributed by atoms with Gasteiger partial charge in [0.2, 0.25) is 0 Å². The van der Waals surface area contributed by atoms with Gasteiger partial charge in [0.1, 0.15) is 5.75 Å². The molecule has 2 aromatic carbocycles. The monoisotopic (exact) mass is 393 g/mol. The molecular weight excluding hydrogens is 366 g/mol. The van der Waals surface area contributed by atoms with Crippen molar-refractivity contribution in [3.63, 3.8) is 0 Å². The molecule has 6 heteroatoms. The summed E-state index contributed by atoms with van der Waals surface area (Å²) >= 11 is 0. The molecule has 0 aromatic heterocycles. The highest BCUT2D eigenvalue weighted by molar-refractivity contribution is 5.96. The van der Waals surface area contributed by atoms with Crippen LogP contribution in [-0.4, -0.2) is 36.0 Å². The van der Waals surface area contributed by atoms with Crippen LogP contribution in [0.25, 0.3) is 0 Å². The summed E-state index contributed by atoms with van der Waals surface area (Å²) in [6, 6.07) is 15.3. The van der Waals surface area contributed by atoms with E-state index < -0.39 is 0 Å². The molecule has 2 N–H and O–H groups in total. The Morgan fingerprint density at radius 3 is 2.41 bits per heavy atom. The van der Waals surface area contributed by atoms with Crippen molar-refractivity contribution in [2.24, 2.45) is 0 Å². The third kappa shape index (κ3) is 4.70. The van der Waals surface area contributed by atoms with Gasteiger partial charge in [0.15, 0.2) is 0 Å². The van der Waals surface area contributed by atoms with E-state index in [0.29, 0.717) is 23.9 Å². The predicted octanol–water partition coefficient (Wildman–Crippen LogP) is 4.35. The van der Waals surface area contributed by atoms with Gasteiger partial charge in [-0.3, -0.25) is 4.79 Å². The van der Waals surface area contributed by atoms with Gasteiger partial charge in [-0.15, -0.1) is 0 Å². The molecule has 2 aromatic rings. The van der Waals surface area contributed by atoms with Crippen LogP contribution in [0.1, 0.15) is 54.6 Å². The third-order valence-electron chi connectivity index (χ3n) is 5.39. The number of rotatable bonds is 6. The van der Waals surface area contributed by atoms with Crippen LogP contribution in [0.15, 0.2) is 48.5 Å². The Morgan fingerprint density at radius 2 is 1.76 bits per heavy atom. The first-order valence-corrected chi connectivity index (χ1v) is 10.4. The van der Waals surface area contributed by atoms with E-state index in [4.69, 9.17) is 4.74 Å². The molecule has 3 amide bonds. The number of ether oxygens (including phenoxy) is 1. The molecule has 1 atom stereocenters. The number of hydrogen-bond acceptors (Lipinski definition) is 3. The van der Waals surface area contributed by atoms with Gasteiger partial charge >= 0.3 is 6.03 Å². The highest BCUT2D eigenvalue weighted by atomic mass is 16.5. The zero-order valence-electron chi connectivity index (χ0n) is 16.7. The summed E-state index contributed by atoms with van der Waals surface area (Å²) in [5.41, 5.74) is 2.45. The molecule has 1 unspecified atom stereocenters. The number of carbonyl (C=O) groups excluding carboxylic acids is 2. The molecule has 1 saturated carbocycles. The van der Waals surface area contributed by atoms with Crippen LogP contribution < -0.4 is 15.4 Å². The van der Waals surface area contributed by atoms with Gasteiger partial charge in [0.25, 0.3) is 5.91 Å². The Morgan fingerprint density at radius 1 is 1.03 bits per heavy atom. The summed E-state index contributed by atoms with van der Waals surface area (Å²) < 4.78 is 5.52. The number of amides is 3. The minimum absolute atomic E-state index is 0.0235. The van der Waals surface area contributed by atoms with E-state index >= 15 is 0 Å². The van der Waals surface area contributed by atoms with E-state index in [0.717, 1.165) is 43.5 Å². The standard InChI is InChI=1S/C23H27N3O3/c1-2-29-20-13-7-16(8-14-20)21-4-3-15-26(21)22(27)17-5-9-18(10-6-17)24-23(28)25-19-11-12-19/h5-10,13-14,19,21H,2-4,11-12,15H2,1H3,(H2,24,25,28). The smallest absolute Gasteiger partial charge is 0.319 e. The van der Waals surface area contributed by atoms with E-state index in [1.807, 2.05) is 36.1 Å². The van der Waals surface area contributed by atoms with Crippen LogP contribution >= 0.6 is 0 Å². The maximum atomic E-state index is 13.1. The fourth-order valence-corrected chi connectivity index (χ4v) is 3.75. The van der Waals surface area contributed by atoms with Crippen molar-refractivity contribution in [3.8, 4) is 5.75 Å². The molecule has 0 spiro atoms. The van der Waals surface area contributed by atoms with Crippen molar-refractivity contribution in [1.29, 1.82) is 0 Å². The molecule has 1 aliphatic heterocycles. The lowest BCUT2D eigenvalue weighted by Crippen LogP contribution is -2.31. The van der Waals surface area contributed by atoms with Crippen LogP contribution in [0.5, 0.6) is 5.75 Å². The number of hydrogen-bond donors (Lipinski definition) is 2. The molecule has 1 aliphatic carbocycles. The minimum Gasteiger partial charge on any atom is -0.494 e. The van der Waals surface area contributed by atoms with Gasteiger partial charge in [-0.2, -0.15) is 0 Å². The second kappa shape index (κ2) is 8.55. The Balaban J connectivity index is 1.41. The average molecular weight is 393 g/mol. The summed E-state index contributed by atoms with van der Waals surface area (Å²) in [5.74, 6) is 0.872. The number of nitrogens with zero attached hydrogens (tertiary/aromatic N) is 1. The second-order valence-electron chi connectivity index (χ2n) is 7.61. The highest BCUT2D eigenvalue weighted by Crippen LogP contribution is 2.34. The number of anilines is 1. The molecular formula is C23H27N3O3. The first-order valence-electron chi connectivity index (χ1n) is 10.4. The maximum Gasteiger partial charge on any atom is 0.319 e. The van der Waals surface area contributed by atoms with Gasteiger partial charge in [-0.1, -0.05) is 12.1 Å². The molecule has 0 radical (unpaired) electrons. The maximum absolute atomic E-state index is 13.1. The molecule has 4 rings (SSSR count). The van der Waals surface area contributed by atoms with Crippen LogP contribution in [0.3, 0.4) is 0 Å². The largest absolute Gasteiger partial charge is 0.494 e. The third-order valence-corrected chi connectivity index (χ3v) is 5.39. The number of likely N-dealkylation sites (tertiary alicyclic amines) is 1. The number of urea groups is 1. The van der Waals surface area contributed by atoms with Crippen molar-refractivity contribution in [1.82, 2.24) is 10.2 Å².